The summed E-state index contributed by atoms with van der Waals surface area (Å²) in [4.78, 5) is 9.43. The second kappa shape index (κ2) is 3.25. The first-order chi connectivity index (χ1) is 18.1. The molecule has 1 spiro atoms. The predicted octanol–water partition coefficient (Wildman–Crippen LogP) is 12.0. The van der Waals surface area contributed by atoms with Gasteiger partial charge in [0, 0.05) is 0 Å². The van der Waals surface area contributed by atoms with Gasteiger partial charge in [0.05, 0.1) is 0 Å². The summed E-state index contributed by atoms with van der Waals surface area (Å²) in [6.07, 6.45) is 4.88. The molecule has 0 saturated carbocycles. The van der Waals surface area contributed by atoms with E-state index in [2.05, 4.69) is 116 Å². The quantitative estimate of drug-likeness (QED) is 0.215. The van der Waals surface area contributed by atoms with Crippen LogP contribution < -0.4 is 0 Å². The summed E-state index contributed by atoms with van der Waals surface area (Å²) >= 11 is 0. The summed E-state index contributed by atoms with van der Waals surface area (Å²) in [5.74, 6) is 1.49. The van der Waals surface area contributed by atoms with Crippen molar-refractivity contribution < 1.29 is 6.51 Å². The van der Waals surface area contributed by atoms with Crippen molar-refractivity contribution in [1.82, 2.24) is 0 Å². The van der Waals surface area contributed by atoms with Gasteiger partial charge in [0.25, 0.3) is 0 Å². The second-order valence-electron chi connectivity index (χ2n) is 20.2. The van der Waals surface area contributed by atoms with Gasteiger partial charge in [0.15, 0.2) is 0 Å². The number of benzene rings is 2. The number of rotatable bonds is 8. The normalized spacial score (nSPS) is 65.1. The molecule has 0 aromatic heterocycles. The minimum absolute atomic E-state index is 0.0114. The van der Waals surface area contributed by atoms with E-state index < -0.39 is 6.51 Å². The molecule has 0 bridgehead atoms. The predicted molar refractivity (Wildman–Crippen MR) is 165 cm³/mol. The standard InChI is InChI=1S/C32H44P.C5H5.Fe/c1-24(26-15-11-9-12-16-26)21-28-19-20-29(23-33(31(3,4)5)32(6,7)8)30(28)22-25(2)27-17-13-10-14-18-27;1-2-4-5-3-1;/h9-20,24-25H,21-23H2,1-8H3;1-5H;. The third kappa shape index (κ3) is 0.552. The fourth-order valence-electron chi connectivity index (χ4n) is 24.3. The topological polar surface area (TPSA) is 0 Å². The zero-order chi connectivity index (χ0) is 26.9. The molecule has 0 nitrogen and oxygen atoms in total. The maximum atomic E-state index is 2.65. The van der Waals surface area contributed by atoms with Gasteiger partial charge in [-0.25, -0.2) is 0 Å². The molecule has 39 heavy (non-hydrogen) atoms. The second-order valence-corrected chi connectivity index (χ2v) is 47.3. The van der Waals surface area contributed by atoms with E-state index in [9.17, 15) is 0 Å². The molecule has 10 aliphatic rings. The van der Waals surface area contributed by atoms with Crippen molar-refractivity contribution in [3.63, 3.8) is 0 Å². The van der Waals surface area contributed by atoms with E-state index in [1.165, 1.54) is 33.7 Å². The van der Waals surface area contributed by atoms with Crippen LogP contribution in [0.4, 0.5) is 0 Å². The molecule has 2 aromatic rings. The van der Waals surface area contributed by atoms with E-state index >= 15 is 0 Å². The van der Waals surface area contributed by atoms with Crippen LogP contribution in [0.5, 0.6) is 0 Å². The Labute approximate surface area is 228 Å². The van der Waals surface area contributed by atoms with Gasteiger partial charge in [-0.2, -0.15) is 0 Å². The van der Waals surface area contributed by atoms with E-state index in [1.807, 2.05) is 0 Å². The molecule has 10 aliphatic heterocycles. The molecular formula is C37H49FeP. The van der Waals surface area contributed by atoms with Crippen molar-refractivity contribution in [2.75, 3.05) is 6.16 Å². The average Bonchev–Trinajstić information content (AvgIpc) is 3.84. The van der Waals surface area contributed by atoms with Crippen LogP contribution in [0.15, 0.2) is 60.7 Å². The number of fused-ring (bicyclic) bond motifs is 10. The van der Waals surface area contributed by atoms with Crippen molar-refractivity contribution >= 4 is 7.92 Å². The summed E-state index contributed by atoms with van der Waals surface area (Å²) in [5.41, 5.74) is 3.28. The van der Waals surface area contributed by atoms with Gasteiger partial charge in [0.2, 0.25) is 0 Å². The molecular weight excluding hydrogens is 531 g/mol. The molecule has 12 rings (SSSR count). The van der Waals surface area contributed by atoms with Gasteiger partial charge in [-0.3, -0.25) is 0 Å². The summed E-state index contributed by atoms with van der Waals surface area (Å²) in [7, 11) is -0.0114. The van der Waals surface area contributed by atoms with Gasteiger partial charge < -0.3 is 0 Å². The fraction of sp³-hybridized carbons (Fsp3) is 0.676. The molecule has 0 amide bonds. The summed E-state index contributed by atoms with van der Waals surface area (Å²) in [5, 5.41) is 0.928. The summed E-state index contributed by atoms with van der Waals surface area (Å²) in [6.45, 7) is 17.3. The van der Waals surface area contributed by atoms with Crippen LogP contribution in [0.1, 0.15) is 91.2 Å². The summed E-state index contributed by atoms with van der Waals surface area (Å²) in [6, 6.07) is 23.5. The Kier molecular flexibility index (Phi) is 1.83. The van der Waals surface area contributed by atoms with E-state index in [0.29, 0.717) is 10.3 Å². The van der Waals surface area contributed by atoms with Crippen molar-refractivity contribution in [2.24, 2.45) is 0 Å². The molecule has 7 atom stereocenters. The van der Waals surface area contributed by atoms with Crippen molar-refractivity contribution in [2.45, 2.75) is 137 Å². The first-order valence-electron chi connectivity index (χ1n) is 16.2. The Morgan fingerprint density at radius 3 is 1.46 bits per heavy atom. The monoisotopic (exact) mass is 580 g/mol. The zero-order valence-corrected chi connectivity index (χ0v) is 27.4. The minimum atomic E-state index is -3.78. The maximum absolute atomic E-state index is 3.78. The van der Waals surface area contributed by atoms with Gasteiger partial charge >= 0.3 is 229 Å². The van der Waals surface area contributed by atoms with Crippen LogP contribution in [0.3, 0.4) is 0 Å². The van der Waals surface area contributed by atoms with E-state index in [-0.39, 0.29) is 7.92 Å². The van der Waals surface area contributed by atoms with Gasteiger partial charge in [-0.15, -0.1) is 0 Å². The van der Waals surface area contributed by atoms with E-state index in [0.717, 1.165) is 24.8 Å². The SMILES string of the molecule is CC(C[C]12[CH]3[CH]4[C]5(CP(C(C)(C)C)C(C)(C)C)[C]1(CC(C)c1ccccc1)[Fe]34251678[CH]2[CH]1[CH]6[CH]7[CH]28)c1ccccc1. The van der Waals surface area contributed by atoms with E-state index in [1.54, 1.807) is 30.1 Å². The van der Waals surface area contributed by atoms with Gasteiger partial charge in [-0.05, 0) is 0 Å². The van der Waals surface area contributed by atoms with Crippen LogP contribution >= 0.6 is 7.92 Å². The first-order valence-corrected chi connectivity index (χ1v) is 23.9. The molecule has 0 N–H and O–H groups in total. The van der Waals surface area contributed by atoms with Crippen molar-refractivity contribution in [3.05, 3.63) is 71.8 Å². The Bertz CT molecular complexity index is 1880. The molecule has 0 radical (unpaired) electrons. The fourth-order valence-corrected chi connectivity index (χ4v) is 112. The Morgan fingerprint density at radius 2 is 1.05 bits per heavy atom. The Hall–Kier alpha value is -0.611. The third-order valence-electron chi connectivity index (χ3n) is 22.0. The van der Waals surface area contributed by atoms with Crippen LogP contribution in [-0.2, 0) is 6.51 Å². The molecule has 2 aromatic carbocycles. The van der Waals surface area contributed by atoms with Gasteiger partial charge in [0.1, 0.15) is 0 Å². The van der Waals surface area contributed by atoms with Crippen LogP contribution in [0.2, 0.25) is 46.7 Å². The van der Waals surface area contributed by atoms with Gasteiger partial charge in [-0.1, -0.05) is 0 Å². The number of hydrogen-bond donors (Lipinski definition) is 0. The van der Waals surface area contributed by atoms with E-state index in [4.69, 9.17) is 0 Å². The first kappa shape index (κ1) is 22.0. The van der Waals surface area contributed by atoms with Crippen molar-refractivity contribution in [3.8, 4) is 0 Å². The van der Waals surface area contributed by atoms with Crippen molar-refractivity contribution in [1.29, 1.82) is 0 Å². The summed E-state index contributed by atoms with van der Waals surface area (Å²) < 4.78 is 2.65. The molecule has 2 heteroatoms. The van der Waals surface area contributed by atoms with Crippen LogP contribution in [-0.4, -0.2) is 16.5 Å². The van der Waals surface area contributed by atoms with Crippen LogP contribution in [0, 0.1) is 0 Å². The Morgan fingerprint density at radius 1 is 0.641 bits per heavy atom. The third-order valence-corrected chi connectivity index (χ3v) is 71.3. The number of hydrogen-bond acceptors (Lipinski definition) is 0. The Balaban J connectivity index is 1.09. The molecule has 0 aliphatic carbocycles. The molecule has 10 saturated heterocycles. The average molecular weight is 581 g/mol. The van der Waals surface area contributed by atoms with Crippen LogP contribution in [0.25, 0.3) is 0 Å². The molecule has 10 fully saturated rings. The molecule has 10 heterocycles. The molecule has 210 valence electrons. The zero-order valence-electron chi connectivity index (χ0n) is 25.4. The molecule has 7 unspecified atom stereocenters.